The predicted molar refractivity (Wildman–Crippen MR) is 56.1 cm³/mol. The van der Waals surface area contributed by atoms with Gasteiger partial charge in [0.25, 0.3) is 0 Å². The highest BCUT2D eigenvalue weighted by atomic mass is 35.5. The highest BCUT2D eigenvalue weighted by molar-refractivity contribution is 6.32. The van der Waals surface area contributed by atoms with Gasteiger partial charge in [0.15, 0.2) is 0 Å². The Hall–Kier alpha value is -0.790. The van der Waals surface area contributed by atoms with Crippen LogP contribution in [0, 0.1) is 0 Å². The van der Waals surface area contributed by atoms with Crippen molar-refractivity contribution in [3.8, 4) is 0 Å². The quantitative estimate of drug-likeness (QED) is 0.429. The van der Waals surface area contributed by atoms with Crippen molar-refractivity contribution in [3.63, 3.8) is 0 Å². The number of halogens is 2. The molecule has 1 aromatic carbocycles. The summed E-state index contributed by atoms with van der Waals surface area (Å²) in [4.78, 5) is 10.1. The van der Waals surface area contributed by atoms with Crippen molar-refractivity contribution in [1.29, 1.82) is 0 Å². The first-order chi connectivity index (χ1) is 6.29. The molecule has 1 aromatic rings. The van der Waals surface area contributed by atoms with Gasteiger partial charge in [0.2, 0.25) is 0 Å². The van der Waals surface area contributed by atoms with Gasteiger partial charge >= 0.3 is 0 Å². The van der Waals surface area contributed by atoms with Crippen LogP contribution >= 0.6 is 23.2 Å². The number of carbonyl (C=O) groups is 1. The molecule has 0 fully saturated rings. The standard InChI is InChI=1S/C10H8Cl2O/c11-7-9-8(4-2-6-13)3-1-5-10(9)12/h1-6H,7H2/b4-2+. The first-order valence-electron chi connectivity index (χ1n) is 3.74. The second-order valence-corrected chi connectivity index (χ2v) is 3.11. The Morgan fingerprint density at radius 1 is 1.38 bits per heavy atom. The van der Waals surface area contributed by atoms with Crippen molar-refractivity contribution >= 4 is 35.6 Å². The van der Waals surface area contributed by atoms with Crippen LogP contribution in [0.15, 0.2) is 24.3 Å². The van der Waals surface area contributed by atoms with E-state index in [4.69, 9.17) is 23.2 Å². The fraction of sp³-hybridized carbons (Fsp3) is 0.100. The van der Waals surface area contributed by atoms with Gasteiger partial charge in [0.05, 0.1) is 0 Å². The summed E-state index contributed by atoms with van der Waals surface area (Å²) in [6.45, 7) is 0. The summed E-state index contributed by atoms with van der Waals surface area (Å²) in [6, 6.07) is 5.46. The van der Waals surface area contributed by atoms with E-state index in [1.54, 1.807) is 12.1 Å². The Balaban J connectivity index is 3.12. The van der Waals surface area contributed by atoms with Crippen LogP contribution in [0.4, 0.5) is 0 Å². The van der Waals surface area contributed by atoms with Crippen LogP contribution in [0.2, 0.25) is 5.02 Å². The van der Waals surface area contributed by atoms with E-state index in [1.165, 1.54) is 6.08 Å². The largest absolute Gasteiger partial charge is 0.299 e. The smallest absolute Gasteiger partial charge is 0.142 e. The zero-order chi connectivity index (χ0) is 9.68. The normalized spacial score (nSPS) is 10.6. The number of aldehydes is 1. The van der Waals surface area contributed by atoms with Crippen molar-refractivity contribution in [2.45, 2.75) is 5.88 Å². The van der Waals surface area contributed by atoms with Gasteiger partial charge in [-0.15, -0.1) is 11.6 Å². The van der Waals surface area contributed by atoms with E-state index in [0.717, 1.165) is 17.4 Å². The lowest BCUT2D eigenvalue weighted by molar-refractivity contribution is -0.104. The van der Waals surface area contributed by atoms with E-state index in [0.29, 0.717) is 10.9 Å². The van der Waals surface area contributed by atoms with Gasteiger partial charge in [0.1, 0.15) is 6.29 Å². The molecule has 0 N–H and O–H groups in total. The molecule has 0 radical (unpaired) electrons. The molecule has 0 aliphatic rings. The Kier molecular flexibility index (Phi) is 4.00. The van der Waals surface area contributed by atoms with E-state index < -0.39 is 0 Å². The van der Waals surface area contributed by atoms with Crippen LogP contribution in [0.25, 0.3) is 6.08 Å². The van der Waals surface area contributed by atoms with E-state index in [9.17, 15) is 4.79 Å². The highest BCUT2D eigenvalue weighted by Gasteiger charge is 2.02. The van der Waals surface area contributed by atoms with Crippen LogP contribution in [0.5, 0.6) is 0 Å². The van der Waals surface area contributed by atoms with Gasteiger partial charge in [-0.1, -0.05) is 29.8 Å². The minimum atomic E-state index is 0.345. The van der Waals surface area contributed by atoms with Crippen molar-refractivity contribution in [2.75, 3.05) is 0 Å². The van der Waals surface area contributed by atoms with E-state index in [1.807, 2.05) is 12.1 Å². The van der Waals surface area contributed by atoms with Gasteiger partial charge in [-0.2, -0.15) is 0 Å². The van der Waals surface area contributed by atoms with Crippen LogP contribution in [-0.4, -0.2) is 6.29 Å². The predicted octanol–water partition coefficient (Wildman–Crippen LogP) is 3.29. The van der Waals surface area contributed by atoms with Gasteiger partial charge < -0.3 is 0 Å². The first kappa shape index (κ1) is 10.3. The molecule has 0 aliphatic heterocycles. The van der Waals surface area contributed by atoms with Gasteiger partial charge in [0, 0.05) is 10.9 Å². The Morgan fingerprint density at radius 2 is 2.15 bits per heavy atom. The summed E-state index contributed by atoms with van der Waals surface area (Å²) >= 11 is 11.6. The molecule has 1 rings (SSSR count). The second kappa shape index (κ2) is 5.05. The third-order valence-electron chi connectivity index (χ3n) is 1.64. The molecule has 0 aromatic heterocycles. The molecular weight excluding hydrogens is 207 g/mol. The van der Waals surface area contributed by atoms with E-state index >= 15 is 0 Å². The number of hydrogen-bond donors (Lipinski definition) is 0. The maximum Gasteiger partial charge on any atom is 0.142 e. The maximum absolute atomic E-state index is 10.1. The second-order valence-electron chi connectivity index (χ2n) is 2.44. The van der Waals surface area contributed by atoms with Crippen molar-refractivity contribution in [2.24, 2.45) is 0 Å². The maximum atomic E-state index is 10.1. The molecular formula is C10H8Cl2O. The average molecular weight is 215 g/mol. The molecule has 68 valence electrons. The monoisotopic (exact) mass is 214 g/mol. The third kappa shape index (κ3) is 2.58. The molecule has 3 heteroatoms. The van der Waals surface area contributed by atoms with Crippen LogP contribution in [0.1, 0.15) is 11.1 Å². The molecule has 0 bridgehead atoms. The highest BCUT2D eigenvalue weighted by Crippen LogP contribution is 2.22. The zero-order valence-electron chi connectivity index (χ0n) is 6.84. The summed E-state index contributed by atoms with van der Waals surface area (Å²) in [5.74, 6) is 0.345. The SMILES string of the molecule is O=C/C=C/c1cccc(Cl)c1CCl. The topological polar surface area (TPSA) is 17.1 Å². The van der Waals surface area contributed by atoms with Gasteiger partial charge in [-0.3, -0.25) is 4.79 Å². The van der Waals surface area contributed by atoms with Crippen molar-refractivity contribution in [1.82, 2.24) is 0 Å². The molecule has 0 amide bonds. The van der Waals surface area contributed by atoms with Crippen LogP contribution < -0.4 is 0 Å². The lowest BCUT2D eigenvalue weighted by Crippen LogP contribution is -1.85. The van der Waals surface area contributed by atoms with Crippen molar-refractivity contribution < 1.29 is 4.79 Å². The fourth-order valence-electron chi connectivity index (χ4n) is 1.02. The van der Waals surface area contributed by atoms with E-state index in [-0.39, 0.29) is 0 Å². The lowest BCUT2D eigenvalue weighted by atomic mass is 10.1. The van der Waals surface area contributed by atoms with Gasteiger partial charge in [-0.05, 0) is 23.3 Å². The zero-order valence-corrected chi connectivity index (χ0v) is 8.35. The summed E-state index contributed by atoms with van der Waals surface area (Å²) in [6.07, 6.45) is 3.83. The molecule has 0 saturated carbocycles. The molecule has 0 atom stereocenters. The Morgan fingerprint density at radius 3 is 2.77 bits per heavy atom. The summed E-state index contributed by atoms with van der Waals surface area (Å²) in [7, 11) is 0. The molecule has 0 unspecified atom stereocenters. The fourth-order valence-corrected chi connectivity index (χ4v) is 1.63. The summed E-state index contributed by atoms with van der Waals surface area (Å²) < 4.78 is 0. The summed E-state index contributed by atoms with van der Waals surface area (Å²) in [5, 5.41) is 0.628. The molecule has 1 nitrogen and oxygen atoms in total. The number of alkyl halides is 1. The summed E-state index contributed by atoms with van der Waals surface area (Å²) in [5.41, 5.74) is 1.73. The third-order valence-corrected chi connectivity index (χ3v) is 2.26. The van der Waals surface area contributed by atoms with Crippen LogP contribution in [-0.2, 0) is 10.7 Å². The lowest BCUT2D eigenvalue weighted by Gasteiger charge is -2.03. The number of benzene rings is 1. The molecule has 13 heavy (non-hydrogen) atoms. The first-order valence-corrected chi connectivity index (χ1v) is 4.66. The average Bonchev–Trinajstić information content (AvgIpc) is 2.15. The number of allylic oxidation sites excluding steroid dienone is 1. The molecule has 0 heterocycles. The molecule has 0 aliphatic carbocycles. The van der Waals surface area contributed by atoms with Crippen molar-refractivity contribution in [3.05, 3.63) is 40.4 Å². The van der Waals surface area contributed by atoms with Crippen LogP contribution in [0.3, 0.4) is 0 Å². The molecule has 0 saturated heterocycles. The minimum Gasteiger partial charge on any atom is -0.299 e. The Bertz CT molecular complexity index is 332. The molecule has 0 spiro atoms. The minimum absolute atomic E-state index is 0.345. The van der Waals surface area contributed by atoms with Gasteiger partial charge in [-0.25, -0.2) is 0 Å². The Labute approximate surface area is 87.0 Å². The van der Waals surface area contributed by atoms with E-state index in [2.05, 4.69) is 0 Å². The number of hydrogen-bond acceptors (Lipinski definition) is 1. The number of rotatable bonds is 3. The number of carbonyl (C=O) groups excluding carboxylic acids is 1.